The van der Waals surface area contributed by atoms with Gasteiger partial charge < -0.3 is 4.90 Å². The lowest BCUT2D eigenvalue weighted by molar-refractivity contribution is -0.118. The van der Waals surface area contributed by atoms with Crippen molar-refractivity contribution in [3.8, 4) is 0 Å². The Kier molecular flexibility index (Phi) is 4.04. The molecule has 116 valence electrons. The van der Waals surface area contributed by atoms with Crippen LogP contribution in [0.3, 0.4) is 0 Å². The summed E-state index contributed by atoms with van der Waals surface area (Å²) in [5, 5.41) is 14.8. The molecule has 3 rings (SSSR count). The van der Waals surface area contributed by atoms with Gasteiger partial charge in [-0.1, -0.05) is 11.6 Å². The molecule has 0 spiro atoms. The highest BCUT2D eigenvalue weighted by molar-refractivity contribution is 6.30. The minimum Gasteiger partial charge on any atom is -0.311 e. The van der Waals surface area contributed by atoms with Crippen LogP contribution in [0.5, 0.6) is 0 Å². The number of nitrogens with zero attached hydrogens (tertiary/aromatic N) is 5. The van der Waals surface area contributed by atoms with E-state index in [-0.39, 0.29) is 17.0 Å². The van der Waals surface area contributed by atoms with Gasteiger partial charge in [-0.15, -0.1) is 10.2 Å². The molecule has 22 heavy (non-hydrogen) atoms. The molecule has 1 aromatic heterocycles. The van der Waals surface area contributed by atoms with Crippen LogP contribution in [0.4, 0.5) is 10.1 Å². The van der Waals surface area contributed by atoms with Crippen LogP contribution in [0.1, 0.15) is 12.2 Å². The molecule has 1 amide bonds. The standard InChI is InChI=1S/C13H14ClFN6O/c1-20-18-12(17-19-20)7-16-11-4-5-21(13(11)22)8-2-3-9(14)10(15)6-8/h2-3,6,11,16H,4-5,7H2,1H3/t11-/m1/s1. The van der Waals surface area contributed by atoms with Crippen LogP contribution in [-0.2, 0) is 18.4 Å². The van der Waals surface area contributed by atoms with E-state index in [0.29, 0.717) is 31.0 Å². The number of hydrogen-bond donors (Lipinski definition) is 1. The van der Waals surface area contributed by atoms with Crippen molar-refractivity contribution in [1.29, 1.82) is 0 Å². The molecule has 0 bridgehead atoms. The fourth-order valence-electron chi connectivity index (χ4n) is 2.39. The Morgan fingerprint density at radius 1 is 1.50 bits per heavy atom. The Bertz CT molecular complexity index is 706. The van der Waals surface area contributed by atoms with Crippen molar-refractivity contribution >= 4 is 23.2 Å². The molecule has 0 unspecified atom stereocenters. The third kappa shape index (κ3) is 2.93. The zero-order valence-corrected chi connectivity index (χ0v) is 12.6. The van der Waals surface area contributed by atoms with Crippen molar-refractivity contribution in [1.82, 2.24) is 25.5 Å². The van der Waals surface area contributed by atoms with E-state index in [0.717, 1.165) is 0 Å². The molecular weight excluding hydrogens is 311 g/mol. The summed E-state index contributed by atoms with van der Waals surface area (Å²) >= 11 is 5.66. The number of tetrazole rings is 1. The number of anilines is 1. The molecular formula is C13H14ClFN6O. The minimum absolute atomic E-state index is 0.0406. The lowest BCUT2D eigenvalue weighted by Gasteiger charge is -2.17. The average molecular weight is 325 g/mol. The van der Waals surface area contributed by atoms with Crippen molar-refractivity contribution < 1.29 is 9.18 Å². The first-order chi connectivity index (χ1) is 10.5. The number of amides is 1. The van der Waals surface area contributed by atoms with Crippen molar-refractivity contribution in [3.05, 3.63) is 34.9 Å². The predicted octanol–water partition coefficient (Wildman–Crippen LogP) is 0.898. The highest BCUT2D eigenvalue weighted by Crippen LogP contribution is 2.25. The number of nitrogens with one attached hydrogen (secondary N) is 1. The number of halogens is 2. The Balaban J connectivity index is 1.65. The molecule has 1 saturated heterocycles. The lowest BCUT2D eigenvalue weighted by Crippen LogP contribution is -2.38. The van der Waals surface area contributed by atoms with Gasteiger partial charge in [0.2, 0.25) is 5.91 Å². The van der Waals surface area contributed by atoms with E-state index in [2.05, 4.69) is 20.7 Å². The van der Waals surface area contributed by atoms with Crippen molar-refractivity contribution in [3.63, 3.8) is 0 Å². The molecule has 1 N–H and O–H groups in total. The molecule has 0 saturated carbocycles. The van der Waals surface area contributed by atoms with Gasteiger partial charge >= 0.3 is 0 Å². The van der Waals surface area contributed by atoms with Gasteiger partial charge in [0.05, 0.1) is 24.7 Å². The molecule has 1 aliphatic rings. The van der Waals surface area contributed by atoms with E-state index in [4.69, 9.17) is 11.6 Å². The highest BCUT2D eigenvalue weighted by Gasteiger charge is 2.32. The summed E-state index contributed by atoms with van der Waals surface area (Å²) in [6.07, 6.45) is 0.628. The van der Waals surface area contributed by atoms with Gasteiger partial charge in [-0.3, -0.25) is 10.1 Å². The first-order valence-corrected chi connectivity index (χ1v) is 7.15. The topological polar surface area (TPSA) is 75.9 Å². The van der Waals surface area contributed by atoms with E-state index in [9.17, 15) is 9.18 Å². The number of aromatic nitrogens is 4. The Morgan fingerprint density at radius 3 is 3.00 bits per heavy atom. The van der Waals surface area contributed by atoms with Crippen LogP contribution in [0, 0.1) is 5.82 Å². The van der Waals surface area contributed by atoms with E-state index in [1.165, 1.54) is 16.9 Å². The summed E-state index contributed by atoms with van der Waals surface area (Å²) in [5.74, 6) is -0.121. The smallest absolute Gasteiger partial charge is 0.244 e. The zero-order valence-electron chi connectivity index (χ0n) is 11.8. The minimum atomic E-state index is -0.535. The van der Waals surface area contributed by atoms with Gasteiger partial charge in [0, 0.05) is 12.2 Å². The van der Waals surface area contributed by atoms with Crippen LogP contribution in [-0.4, -0.2) is 38.7 Å². The summed E-state index contributed by atoms with van der Waals surface area (Å²) in [6.45, 7) is 0.874. The molecule has 7 nitrogen and oxygen atoms in total. The molecule has 1 aliphatic heterocycles. The van der Waals surface area contributed by atoms with Crippen molar-refractivity contribution in [2.45, 2.75) is 19.0 Å². The maximum absolute atomic E-state index is 13.5. The van der Waals surface area contributed by atoms with E-state index in [1.54, 1.807) is 18.0 Å². The second kappa shape index (κ2) is 5.98. The fourth-order valence-corrected chi connectivity index (χ4v) is 2.50. The monoisotopic (exact) mass is 324 g/mol. The van der Waals surface area contributed by atoms with Crippen LogP contribution < -0.4 is 10.2 Å². The fraction of sp³-hybridized carbons (Fsp3) is 0.385. The van der Waals surface area contributed by atoms with Gasteiger partial charge in [0.15, 0.2) is 5.82 Å². The van der Waals surface area contributed by atoms with E-state index < -0.39 is 5.82 Å². The van der Waals surface area contributed by atoms with E-state index >= 15 is 0 Å². The van der Waals surface area contributed by atoms with Crippen LogP contribution in [0.25, 0.3) is 0 Å². The Labute approximate surface area is 131 Å². The Hall–Kier alpha value is -2.06. The quantitative estimate of drug-likeness (QED) is 0.904. The molecule has 0 radical (unpaired) electrons. The maximum Gasteiger partial charge on any atom is 0.244 e. The molecule has 2 heterocycles. The van der Waals surface area contributed by atoms with Gasteiger partial charge in [-0.05, 0) is 29.8 Å². The van der Waals surface area contributed by atoms with Crippen LogP contribution in [0.2, 0.25) is 5.02 Å². The number of benzene rings is 1. The van der Waals surface area contributed by atoms with Crippen LogP contribution in [0.15, 0.2) is 18.2 Å². The summed E-state index contributed by atoms with van der Waals surface area (Å²) in [7, 11) is 1.67. The van der Waals surface area contributed by atoms with Crippen molar-refractivity contribution in [2.24, 2.45) is 7.05 Å². The maximum atomic E-state index is 13.5. The normalized spacial score (nSPS) is 18.2. The predicted molar refractivity (Wildman–Crippen MR) is 77.8 cm³/mol. The highest BCUT2D eigenvalue weighted by atomic mass is 35.5. The van der Waals surface area contributed by atoms with E-state index in [1.807, 2.05) is 0 Å². The summed E-state index contributed by atoms with van der Waals surface area (Å²) in [5.41, 5.74) is 0.508. The van der Waals surface area contributed by atoms with Gasteiger partial charge in [-0.25, -0.2) is 4.39 Å². The number of aryl methyl sites for hydroxylation is 1. The molecule has 9 heteroatoms. The first-order valence-electron chi connectivity index (χ1n) is 6.77. The van der Waals surface area contributed by atoms with Crippen LogP contribution >= 0.6 is 11.6 Å². The second-order valence-corrected chi connectivity index (χ2v) is 5.41. The first kappa shape index (κ1) is 14.9. The number of rotatable bonds is 4. The molecule has 1 fully saturated rings. The summed E-state index contributed by atoms with van der Waals surface area (Å²) in [4.78, 5) is 15.3. The third-order valence-corrected chi connectivity index (χ3v) is 3.78. The summed E-state index contributed by atoms with van der Waals surface area (Å²) < 4.78 is 13.5. The SMILES string of the molecule is Cn1nnc(CN[C@@H]2CCN(c3ccc(Cl)c(F)c3)C2=O)n1. The number of carbonyl (C=O) groups excluding carboxylic acids is 1. The van der Waals surface area contributed by atoms with Crippen molar-refractivity contribution in [2.75, 3.05) is 11.4 Å². The van der Waals surface area contributed by atoms with Gasteiger partial charge in [-0.2, -0.15) is 4.80 Å². The number of carbonyl (C=O) groups is 1. The third-order valence-electron chi connectivity index (χ3n) is 3.48. The lowest BCUT2D eigenvalue weighted by atomic mass is 10.2. The average Bonchev–Trinajstić information content (AvgIpc) is 3.06. The molecule has 2 aromatic rings. The molecule has 1 atom stereocenters. The second-order valence-electron chi connectivity index (χ2n) is 5.01. The molecule has 1 aromatic carbocycles. The number of hydrogen-bond acceptors (Lipinski definition) is 5. The largest absolute Gasteiger partial charge is 0.311 e. The summed E-state index contributed by atoms with van der Waals surface area (Å²) in [6, 6.07) is 4.01. The van der Waals surface area contributed by atoms with Gasteiger partial charge in [0.25, 0.3) is 0 Å². The van der Waals surface area contributed by atoms with Gasteiger partial charge in [0.1, 0.15) is 5.82 Å². The Morgan fingerprint density at radius 2 is 2.32 bits per heavy atom. The molecule has 0 aliphatic carbocycles. The zero-order chi connectivity index (χ0) is 15.7.